The summed E-state index contributed by atoms with van der Waals surface area (Å²) in [5, 5.41) is 18.1. The first kappa shape index (κ1) is 11.9. The van der Waals surface area contributed by atoms with E-state index in [0.29, 0.717) is 5.92 Å². The van der Waals surface area contributed by atoms with Crippen LogP contribution in [0.5, 0.6) is 0 Å². The van der Waals surface area contributed by atoms with E-state index in [1.165, 1.54) is 0 Å². The van der Waals surface area contributed by atoms with Crippen LogP contribution in [0.25, 0.3) is 0 Å². The Kier molecular flexibility index (Phi) is 3.84. The molecule has 1 aromatic rings. The molecule has 1 aromatic carbocycles. The average molecular weight is 286 g/mol. The Bertz CT molecular complexity index is 370. The van der Waals surface area contributed by atoms with Gasteiger partial charge in [-0.15, -0.1) is 0 Å². The highest BCUT2D eigenvalue weighted by Crippen LogP contribution is 2.31. The standard InChI is InChI=1S/C12H16BrNO2/c13-11-5-9(7-15)1-2-12(11)14-4-3-10(6-14)8-16/h1-2,5,10,15-16H,3-4,6-8H2. The highest BCUT2D eigenvalue weighted by atomic mass is 79.9. The highest BCUT2D eigenvalue weighted by molar-refractivity contribution is 9.10. The van der Waals surface area contributed by atoms with E-state index in [2.05, 4.69) is 20.8 Å². The van der Waals surface area contributed by atoms with E-state index in [9.17, 15) is 0 Å². The number of rotatable bonds is 3. The molecule has 2 N–H and O–H groups in total. The van der Waals surface area contributed by atoms with Crippen molar-refractivity contribution >= 4 is 21.6 Å². The number of nitrogens with zero attached hydrogens (tertiary/aromatic N) is 1. The molecule has 0 amide bonds. The van der Waals surface area contributed by atoms with Crippen LogP contribution in [0.3, 0.4) is 0 Å². The van der Waals surface area contributed by atoms with Crippen LogP contribution in [0.2, 0.25) is 0 Å². The van der Waals surface area contributed by atoms with Crippen LogP contribution in [-0.2, 0) is 6.61 Å². The Morgan fingerprint density at radius 3 is 2.75 bits per heavy atom. The minimum atomic E-state index is 0.0676. The fourth-order valence-electron chi connectivity index (χ4n) is 2.11. The van der Waals surface area contributed by atoms with Crippen molar-refractivity contribution in [2.45, 2.75) is 13.0 Å². The predicted octanol–water partition coefficient (Wildman–Crippen LogP) is 1.76. The Morgan fingerprint density at radius 2 is 2.19 bits per heavy atom. The molecule has 0 saturated carbocycles. The Balaban J connectivity index is 2.15. The Hall–Kier alpha value is -0.580. The van der Waals surface area contributed by atoms with Gasteiger partial charge < -0.3 is 15.1 Å². The zero-order chi connectivity index (χ0) is 11.5. The molecule has 3 nitrogen and oxygen atoms in total. The summed E-state index contributed by atoms with van der Waals surface area (Å²) < 4.78 is 1.01. The van der Waals surface area contributed by atoms with Crippen LogP contribution < -0.4 is 4.90 Å². The third kappa shape index (κ3) is 2.39. The predicted molar refractivity (Wildman–Crippen MR) is 67.5 cm³/mol. The SMILES string of the molecule is OCc1ccc(N2CCC(CO)C2)c(Br)c1. The van der Waals surface area contributed by atoms with Gasteiger partial charge in [-0.2, -0.15) is 0 Å². The first-order valence-electron chi connectivity index (χ1n) is 5.49. The lowest BCUT2D eigenvalue weighted by molar-refractivity contribution is 0.238. The quantitative estimate of drug-likeness (QED) is 0.890. The molecule has 1 saturated heterocycles. The van der Waals surface area contributed by atoms with Gasteiger partial charge in [-0.3, -0.25) is 0 Å². The fraction of sp³-hybridized carbons (Fsp3) is 0.500. The lowest BCUT2D eigenvalue weighted by Crippen LogP contribution is -2.21. The van der Waals surface area contributed by atoms with Gasteiger partial charge in [0.25, 0.3) is 0 Å². The van der Waals surface area contributed by atoms with Crippen molar-refractivity contribution in [3.05, 3.63) is 28.2 Å². The summed E-state index contributed by atoms with van der Waals surface area (Å²) in [4.78, 5) is 2.27. The minimum Gasteiger partial charge on any atom is -0.396 e. The van der Waals surface area contributed by atoms with Crippen LogP contribution in [0.15, 0.2) is 22.7 Å². The van der Waals surface area contributed by atoms with Gasteiger partial charge in [0.05, 0.1) is 12.3 Å². The van der Waals surface area contributed by atoms with Gasteiger partial charge in [0.1, 0.15) is 0 Å². The van der Waals surface area contributed by atoms with E-state index in [4.69, 9.17) is 10.2 Å². The maximum atomic E-state index is 9.11. The second-order valence-electron chi connectivity index (χ2n) is 4.23. The summed E-state index contributed by atoms with van der Waals surface area (Å²) in [5.41, 5.74) is 2.06. The first-order valence-corrected chi connectivity index (χ1v) is 6.29. The molecule has 1 aliphatic heterocycles. The number of hydrogen-bond acceptors (Lipinski definition) is 3. The van der Waals surface area contributed by atoms with Crippen LogP contribution in [0.1, 0.15) is 12.0 Å². The summed E-state index contributed by atoms with van der Waals surface area (Å²) in [6, 6.07) is 5.91. The van der Waals surface area contributed by atoms with Gasteiger partial charge >= 0.3 is 0 Å². The van der Waals surface area contributed by atoms with Gasteiger partial charge in [-0.1, -0.05) is 6.07 Å². The molecule has 16 heavy (non-hydrogen) atoms. The number of anilines is 1. The van der Waals surface area contributed by atoms with E-state index in [-0.39, 0.29) is 13.2 Å². The Labute approximate surface area is 104 Å². The van der Waals surface area contributed by atoms with Crippen LogP contribution in [0.4, 0.5) is 5.69 Å². The third-order valence-corrected chi connectivity index (χ3v) is 3.71. The first-order chi connectivity index (χ1) is 7.74. The summed E-state index contributed by atoms with van der Waals surface area (Å²) in [7, 11) is 0. The molecule has 0 spiro atoms. The van der Waals surface area contributed by atoms with E-state index >= 15 is 0 Å². The summed E-state index contributed by atoms with van der Waals surface area (Å²) in [5.74, 6) is 0.393. The van der Waals surface area contributed by atoms with Gasteiger partial charge in [-0.25, -0.2) is 0 Å². The van der Waals surface area contributed by atoms with Crippen LogP contribution in [-0.4, -0.2) is 29.9 Å². The molecule has 0 radical (unpaired) electrons. The van der Waals surface area contributed by atoms with Crippen molar-refractivity contribution in [1.29, 1.82) is 0 Å². The molecule has 4 heteroatoms. The van der Waals surface area contributed by atoms with Crippen LogP contribution >= 0.6 is 15.9 Å². The molecule has 0 aliphatic carbocycles. The lowest BCUT2D eigenvalue weighted by Gasteiger charge is -2.20. The van der Waals surface area contributed by atoms with Gasteiger partial charge in [0, 0.05) is 30.1 Å². The highest BCUT2D eigenvalue weighted by Gasteiger charge is 2.23. The zero-order valence-electron chi connectivity index (χ0n) is 9.06. The molecule has 1 aliphatic rings. The minimum absolute atomic E-state index is 0.0676. The maximum absolute atomic E-state index is 9.11. The van der Waals surface area contributed by atoms with Gasteiger partial charge in [0.15, 0.2) is 0 Å². The third-order valence-electron chi connectivity index (χ3n) is 3.08. The van der Waals surface area contributed by atoms with Crippen molar-refractivity contribution in [3.8, 4) is 0 Å². The average Bonchev–Trinajstić information content (AvgIpc) is 2.77. The summed E-state index contributed by atoms with van der Waals surface area (Å²) >= 11 is 3.52. The van der Waals surface area contributed by atoms with Gasteiger partial charge in [-0.05, 0) is 40.0 Å². The molecule has 1 unspecified atom stereocenters. The molecule has 2 rings (SSSR count). The number of aliphatic hydroxyl groups excluding tert-OH is 2. The van der Waals surface area contributed by atoms with E-state index in [1.807, 2.05) is 18.2 Å². The lowest BCUT2D eigenvalue weighted by atomic mass is 10.1. The maximum Gasteiger partial charge on any atom is 0.0682 e. The molecule has 1 atom stereocenters. The molecule has 1 heterocycles. The van der Waals surface area contributed by atoms with E-state index in [1.54, 1.807) is 0 Å². The van der Waals surface area contributed by atoms with Crippen molar-refractivity contribution < 1.29 is 10.2 Å². The number of benzene rings is 1. The number of aliphatic hydroxyl groups is 2. The monoisotopic (exact) mass is 285 g/mol. The molecular formula is C12H16BrNO2. The molecular weight excluding hydrogens is 270 g/mol. The van der Waals surface area contributed by atoms with Crippen molar-refractivity contribution in [2.24, 2.45) is 5.92 Å². The fourth-order valence-corrected chi connectivity index (χ4v) is 2.78. The second-order valence-corrected chi connectivity index (χ2v) is 5.08. The van der Waals surface area contributed by atoms with Crippen LogP contribution in [0, 0.1) is 5.92 Å². The second kappa shape index (κ2) is 5.17. The van der Waals surface area contributed by atoms with Gasteiger partial charge in [0.2, 0.25) is 0 Å². The molecule has 0 aromatic heterocycles. The summed E-state index contributed by atoms with van der Waals surface area (Å²) in [6.45, 7) is 2.23. The largest absolute Gasteiger partial charge is 0.396 e. The number of hydrogen-bond donors (Lipinski definition) is 2. The normalized spacial score (nSPS) is 20.4. The molecule has 1 fully saturated rings. The molecule has 88 valence electrons. The topological polar surface area (TPSA) is 43.7 Å². The van der Waals surface area contributed by atoms with Crippen molar-refractivity contribution in [2.75, 3.05) is 24.6 Å². The van der Waals surface area contributed by atoms with E-state index < -0.39 is 0 Å². The molecule has 0 bridgehead atoms. The Morgan fingerprint density at radius 1 is 1.38 bits per heavy atom. The van der Waals surface area contributed by atoms with E-state index in [0.717, 1.165) is 35.2 Å². The smallest absolute Gasteiger partial charge is 0.0682 e. The van der Waals surface area contributed by atoms with Crippen molar-refractivity contribution in [1.82, 2.24) is 0 Å². The number of halogens is 1. The van der Waals surface area contributed by atoms with Crippen molar-refractivity contribution in [3.63, 3.8) is 0 Å². The summed E-state index contributed by atoms with van der Waals surface area (Å²) in [6.07, 6.45) is 1.05. The zero-order valence-corrected chi connectivity index (χ0v) is 10.7.